The summed E-state index contributed by atoms with van der Waals surface area (Å²) in [5.74, 6) is 0. The molecule has 0 fully saturated rings. The van der Waals surface area contributed by atoms with Gasteiger partial charge in [0, 0.05) is 0 Å². The second kappa shape index (κ2) is 117. The highest BCUT2D eigenvalue weighted by Crippen LogP contribution is 1.95. The molecule has 0 aromatic heterocycles. The summed E-state index contributed by atoms with van der Waals surface area (Å²) in [5.41, 5.74) is 0. The van der Waals surface area contributed by atoms with Gasteiger partial charge in [0.25, 0.3) is 0 Å². The summed E-state index contributed by atoms with van der Waals surface area (Å²) in [4.78, 5) is 0. The fourth-order valence-electron chi connectivity index (χ4n) is 0.500. The van der Waals surface area contributed by atoms with Crippen LogP contribution in [0.2, 0.25) is 0 Å². The molecule has 0 rings (SSSR count). The normalized spacial score (nSPS) is 5.57. The SMILES string of the molecule is CC.CC.CC.CC.CCCCCC. The predicted molar refractivity (Wildman–Crippen MR) is 75.2 cm³/mol. The van der Waals surface area contributed by atoms with Gasteiger partial charge in [-0.25, -0.2) is 0 Å². The molecule has 14 heavy (non-hydrogen) atoms. The molecular formula is C14H38. The summed E-state index contributed by atoms with van der Waals surface area (Å²) < 4.78 is 0. The summed E-state index contributed by atoms with van der Waals surface area (Å²) in [7, 11) is 0. The average Bonchev–Trinajstić information content (AvgIpc) is 2.36. The largest absolute Gasteiger partial charge is 0.0683 e. The lowest BCUT2D eigenvalue weighted by Crippen LogP contribution is -1.66. The van der Waals surface area contributed by atoms with Crippen molar-refractivity contribution >= 4 is 0 Å². The standard InChI is InChI=1S/C6H14.4C2H6/c1-3-5-6-4-2;4*1-2/h3-6H2,1-2H3;4*1-2H3. The van der Waals surface area contributed by atoms with Crippen molar-refractivity contribution in [2.24, 2.45) is 0 Å². The Morgan fingerprint density at radius 1 is 0.429 bits per heavy atom. The summed E-state index contributed by atoms with van der Waals surface area (Å²) in [6, 6.07) is 0. The summed E-state index contributed by atoms with van der Waals surface area (Å²) in [5, 5.41) is 0. The highest BCUT2D eigenvalue weighted by atomic mass is 13.8. The Bertz CT molecular complexity index is 12.0. The van der Waals surface area contributed by atoms with Gasteiger partial charge in [-0.05, 0) is 0 Å². The van der Waals surface area contributed by atoms with Crippen molar-refractivity contribution < 1.29 is 0 Å². The van der Waals surface area contributed by atoms with Crippen LogP contribution in [0.15, 0.2) is 0 Å². The highest BCUT2D eigenvalue weighted by molar-refractivity contribution is 4.31. The molecule has 0 bridgehead atoms. The van der Waals surface area contributed by atoms with E-state index in [1.54, 1.807) is 0 Å². The molecule has 0 saturated heterocycles. The van der Waals surface area contributed by atoms with Crippen molar-refractivity contribution in [3.05, 3.63) is 0 Å². The van der Waals surface area contributed by atoms with Crippen LogP contribution in [0.5, 0.6) is 0 Å². The third kappa shape index (κ3) is 161. The average molecular weight is 206 g/mol. The van der Waals surface area contributed by atoms with E-state index in [-0.39, 0.29) is 0 Å². The first-order valence-corrected chi connectivity index (χ1v) is 6.91. The van der Waals surface area contributed by atoms with Gasteiger partial charge < -0.3 is 0 Å². The first-order chi connectivity index (χ1) is 6.91. The van der Waals surface area contributed by atoms with Gasteiger partial charge >= 0.3 is 0 Å². The van der Waals surface area contributed by atoms with Crippen LogP contribution in [-0.2, 0) is 0 Å². The second-order valence-electron chi connectivity index (χ2n) is 1.71. The summed E-state index contributed by atoms with van der Waals surface area (Å²) in [6.45, 7) is 20.5. The first-order valence-electron chi connectivity index (χ1n) is 6.91. The van der Waals surface area contributed by atoms with Crippen molar-refractivity contribution in [2.45, 2.75) is 94.9 Å². The minimum absolute atomic E-state index is 1.36. The fourth-order valence-corrected chi connectivity index (χ4v) is 0.500. The molecule has 0 aliphatic heterocycles. The van der Waals surface area contributed by atoms with Crippen molar-refractivity contribution in [3.8, 4) is 0 Å². The van der Waals surface area contributed by atoms with E-state index >= 15 is 0 Å². The molecule has 0 heterocycles. The Morgan fingerprint density at radius 2 is 0.571 bits per heavy atom. The van der Waals surface area contributed by atoms with Gasteiger partial charge in [-0.15, -0.1) is 0 Å². The lowest BCUT2D eigenvalue weighted by molar-refractivity contribution is 0.702. The Morgan fingerprint density at radius 3 is 0.643 bits per heavy atom. The summed E-state index contributed by atoms with van der Waals surface area (Å²) >= 11 is 0. The van der Waals surface area contributed by atoms with Crippen LogP contribution < -0.4 is 0 Å². The Labute approximate surface area is 95.5 Å². The molecule has 0 heteroatoms. The zero-order valence-electron chi connectivity index (χ0n) is 12.8. The van der Waals surface area contributed by atoms with Gasteiger partial charge in [0.2, 0.25) is 0 Å². The highest BCUT2D eigenvalue weighted by Gasteiger charge is 1.75. The molecule has 0 aliphatic rings. The minimum atomic E-state index is 1.36. The zero-order chi connectivity index (χ0) is 12.8. The Kier molecular flexibility index (Phi) is 244. The van der Waals surface area contributed by atoms with Crippen LogP contribution in [0.3, 0.4) is 0 Å². The van der Waals surface area contributed by atoms with Crippen molar-refractivity contribution in [1.29, 1.82) is 0 Å². The maximum Gasteiger partial charge on any atom is -0.0536 e. The number of rotatable bonds is 3. The molecule has 0 nitrogen and oxygen atoms in total. The van der Waals surface area contributed by atoms with E-state index in [1.165, 1.54) is 25.7 Å². The molecule has 0 aromatic rings. The number of hydrogen-bond donors (Lipinski definition) is 0. The maximum absolute atomic E-state index is 2.23. The van der Waals surface area contributed by atoms with E-state index in [0.717, 1.165) is 0 Å². The van der Waals surface area contributed by atoms with Gasteiger partial charge in [0.1, 0.15) is 0 Å². The second-order valence-corrected chi connectivity index (χ2v) is 1.71. The van der Waals surface area contributed by atoms with E-state index in [4.69, 9.17) is 0 Å². The Balaban J connectivity index is -0.0000000287. The molecule has 0 amide bonds. The van der Waals surface area contributed by atoms with E-state index in [2.05, 4.69) is 13.8 Å². The monoisotopic (exact) mass is 206 g/mol. The molecule has 0 saturated carbocycles. The molecule has 0 atom stereocenters. The summed E-state index contributed by atoms with van der Waals surface area (Å²) in [6.07, 6.45) is 5.54. The first kappa shape index (κ1) is 29.2. The number of hydrogen-bond acceptors (Lipinski definition) is 0. The van der Waals surface area contributed by atoms with Gasteiger partial charge in [0.05, 0.1) is 0 Å². The van der Waals surface area contributed by atoms with Crippen LogP contribution in [-0.4, -0.2) is 0 Å². The van der Waals surface area contributed by atoms with Crippen molar-refractivity contribution in [1.82, 2.24) is 0 Å². The van der Waals surface area contributed by atoms with E-state index < -0.39 is 0 Å². The molecular weight excluding hydrogens is 168 g/mol. The van der Waals surface area contributed by atoms with Crippen LogP contribution in [0.1, 0.15) is 94.9 Å². The maximum atomic E-state index is 2.23. The van der Waals surface area contributed by atoms with Gasteiger partial charge in [-0.2, -0.15) is 0 Å². The van der Waals surface area contributed by atoms with E-state index in [9.17, 15) is 0 Å². The Hall–Kier alpha value is 0. The van der Waals surface area contributed by atoms with Crippen LogP contribution in [0.4, 0.5) is 0 Å². The lowest BCUT2D eigenvalue weighted by Gasteiger charge is -1.86. The third-order valence-electron chi connectivity index (χ3n) is 0.957. The van der Waals surface area contributed by atoms with Crippen LogP contribution in [0, 0.1) is 0 Å². The van der Waals surface area contributed by atoms with Crippen molar-refractivity contribution in [3.63, 3.8) is 0 Å². The van der Waals surface area contributed by atoms with Crippen LogP contribution in [0.25, 0.3) is 0 Å². The van der Waals surface area contributed by atoms with Crippen LogP contribution >= 0.6 is 0 Å². The molecule has 0 radical (unpaired) electrons. The van der Waals surface area contributed by atoms with E-state index in [0.29, 0.717) is 0 Å². The zero-order valence-corrected chi connectivity index (χ0v) is 12.8. The predicted octanol–water partition coefficient (Wildman–Crippen LogP) is 6.69. The molecule has 0 aliphatic carbocycles. The van der Waals surface area contributed by atoms with Gasteiger partial charge in [0.15, 0.2) is 0 Å². The minimum Gasteiger partial charge on any atom is -0.0683 e. The third-order valence-corrected chi connectivity index (χ3v) is 0.957. The quantitative estimate of drug-likeness (QED) is 0.451. The fraction of sp³-hybridized carbons (Fsp3) is 1.00. The van der Waals surface area contributed by atoms with Crippen molar-refractivity contribution in [2.75, 3.05) is 0 Å². The number of unbranched alkanes of at least 4 members (excludes halogenated alkanes) is 3. The van der Waals surface area contributed by atoms with Gasteiger partial charge in [-0.1, -0.05) is 94.9 Å². The van der Waals surface area contributed by atoms with E-state index in [1.807, 2.05) is 55.4 Å². The molecule has 0 spiro atoms. The molecule has 0 unspecified atom stereocenters. The molecule has 94 valence electrons. The molecule has 0 N–H and O–H groups in total. The van der Waals surface area contributed by atoms with Gasteiger partial charge in [-0.3, -0.25) is 0 Å². The topological polar surface area (TPSA) is 0 Å². The lowest BCUT2D eigenvalue weighted by atomic mass is 10.2. The molecule has 0 aromatic carbocycles. The smallest absolute Gasteiger partial charge is 0.0536 e.